The van der Waals surface area contributed by atoms with Gasteiger partial charge in [0.25, 0.3) is 0 Å². The number of rotatable bonds is 6. The Labute approximate surface area is 118 Å². The molecule has 1 aliphatic rings. The molecule has 0 atom stereocenters. The van der Waals surface area contributed by atoms with Crippen molar-refractivity contribution in [2.75, 3.05) is 13.2 Å². The molecular formula is C15H21NO2S. The minimum Gasteiger partial charge on any atom is -0.381 e. The molecule has 1 aliphatic heterocycles. The second kappa shape index (κ2) is 7.46. The summed E-state index contributed by atoms with van der Waals surface area (Å²) in [7, 11) is 0. The first kappa shape index (κ1) is 14.3. The van der Waals surface area contributed by atoms with Crippen molar-refractivity contribution in [3.8, 4) is 0 Å². The van der Waals surface area contributed by atoms with Gasteiger partial charge in [-0.2, -0.15) is 0 Å². The second-order valence-electron chi connectivity index (χ2n) is 4.77. The van der Waals surface area contributed by atoms with Gasteiger partial charge in [-0.05, 0) is 30.7 Å². The smallest absolute Gasteiger partial charge is 0.223 e. The van der Waals surface area contributed by atoms with Crippen LogP contribution in [0.2, 0.25) is 0 Å². The van der Waals surface area contributed by atoms with Gasteiger partial charge in [0.15, 0.2) is 0 Å². The summed E-state index contributed by atoms with van der Waals surface area (Å²) < 4.78 is 5.39. The number of ether oxygens (including phenoxy) is 1. The number of hydrogen-bond acceptors (Lipinski definition) is 3. The number of nitrogens with zero attached hydrogens (tertiary/aromatic N) is 1. The zero-order valence-corrected chi connectivity index (χ0v) is 12.0. The van der Waals surface area contributed by atoms with Crippen LogP contribution in [0.1, 0.15) is 30.6 Å². The minimum atomic E-state index is 0.236. The lowest BCUT2D eigenvalue weighted by molar-refractivity contribution is -0.136. The fourth-order valence-corrected chi connectivity index (χ4v) is 3.06. The first-order valence-corrected chi connectivity index (χ1v) is 7.69. The van der Waals surface area contributed by atoms with Gasteiger partial charge >= 0.3 is 0 Å². The van der Waals surface area contributed by atoms with E-state index in [1.165, 1.54) is 4.88 Å². The van der Waals surface area contributed by atoms with Crippen LogP contribution in [0.5, 0.6) is 0 Å². The summed E-state index contributed by atoms with van der Waals surface area (Å²) in [6, 6.07) is 4.46. The van der Waals surface area contributed by atoms with E-state index in [0.29, 0.717) is 12.5 Å². The van der Waals surface area contributed by atoms with Crippen LogP contribution in [0.3, 0.4) is 0 Å². The fraction of sp³-hybridized carbons (Fsp3) is 0.533. The summed E-state index contributed by atoms with van der Waals surface area (Å²) in [5.41, 5.74) is 0. The molecule has 0 radical (unpaired) electrons. The van der Waals surface area contributed by atoms with Crippen molar-refractivity contribution in [2.45, 2.75) is 38.3 Å². The van der Waals surface area contributed by atoms with Gasteiger partial charge in [0.1, 0.15) is 0 Å². The Hall–Kier alpha value is -1.13. The van der Waals surface area contributed by atoms with E-state index in [4.69, 9.17) is 4.74 Å². The Kier molecular flexibility index (Phi) is 5.61. The van der Waals surface area contributed by atoms with E-state index in [1.54, 1.807) is 11.3 Å². The normalized spacial score (nSPS) is 16.2. The van der Waals surface area contributed by atoms with Crippen LogP contribution in [0.4, 0.5) is 0 Å². The van der Waals surface area contributed by atoms with Crippen LogP contribution in [0.15, 0.2) is 30.2 Å². The van der Waals surface area contributed by atoms with Gasteiger partial charge in [-0.25, -0.2) is 0 Å². The highest BCUT2D eigenvalue weighted by Gasteiger charge is 2.25. The lowest BCUT2D eigenvalue weighted by Crippen LogP contribution is -2.42. The monoisotopic (exact) mass is 279 g/mol. The predicted molar refractivity (Wildman–Crippen MR) is 78.1 cm³/mol. The maximum absolute atomic E-state index is 12.4. The van der Waals surface area contributed by atoms with Crippen LogP contribution < -0.4 is 0 Å². The molecule has 2 heterocycles. The zero-order chi connectivity index (χ0) is 13.5. The third-order valence-electron chi connectivity index (χ3n) is 3.42. The highest BCUT2D eigenvalue weighted by Crippen LogP contribution is 2.21. The summed E-state index contributed by atoms with van der Waals surface area (Å²) >= 11 is 1.71. The standard InChI is InChI=1S/C15H21NO2S/c1-2-3-6-15(17)16(12-14-5-4-11-19-14)13-7-9-18-10-8-13/h2,4-5,11,13H,1,3,6-10,12H2. The molecule has 0 aromatic carbocycles. The number of allylic oxidation sites excluding steroid dienone is 1. The molecule has 0 N–H and O–H groups in total. The molecule has 3 nitrogen and oxygen atoms in total. The van der Waals surface area contributed by atoms with E-state index in [1.807, 2.05) is 17.0 Å². The van der Waals surface area contributed by atoms with E-state index in [0.717, 1.165) is 39.0 Å². The molecule has 1 fully saturated rings. The number of amides is 1. The molecule has 2 rings (SSSR count). The Morgan fingerprint density at radius 3 is 2.95 bits per heavy atom. The van der Waals surface area contributed by atoms with Crippen LogP contribution in [0, 0.1) is 0 Å². The van der Waals surface area contributed by atoms with E-state index in [2.05, 4.69) is 18.0 Å². The third-order valence-corrected chi connectivity index (χ3v) is 4.28. The van der Waals surface area contributed by atoms with Crippen LogP contribution in [-0.2, 0) is 16.1 Å². The molecule has 1 aromatic heterocycles. The molecule has 0 spiro atoms. The Morgan fingerprint density at radius 1 is 1.53 bits per heavy atom. The first-order chi connectivity index (χ1) is 9.31. The Bertz CT molecular complexity index is 396. The van der Waals surface area contributed by atoms with Crippen molar-refractivity contribution in [3.05, 3.63) is 35.0 Å². The summed E-state index contributed by atoms with van der Waals surface area (Å²) in [6.07, 6.45) is 5.02. The molecule has 0 saturated carbocycles. The van der Waals surface area contributed by atoms with E-state index < -0.39 is 0 Å². The molecule has 19 heavy (non-hydrogen) atoms. The van der Waals surface area contributed by atoms with E-state index in [9.17, 15) is 4.79 Å². The van der Waals surface area contributed by atoms with Crippen molar-refractivity contribution in [2.24, 2.45) is 0 Å². The molecule has 104 valence electrons. The maximum Gasteiger partial charge on any atom is 0.223 e. The van der Waals surface area contributed by atoms with Gasteiger partial charge in [0, 0.05) is 30.6 Å². The highest BCUT2D eigenvalue weighted by molar-refractivity contribution is 7.09. The molecule has 0 unspecified atom stereocenters. The molecule has 4 heteroatoms. The number of hydrogen-bond donors (Lipinski definition) is 0. The molecule has 1 aromatic rings. The third kappa shape index (κ3) is 4.18. The van der Waals surface area contributed by atoms with Gasteiger partial charge in [-0.1, -0.05) is 12.1 Å². The van der Waals surface area contributed by atoms with Crippen molar-refractivity contribution in [1.82, 2.24) is 4.90 Å². The molecule has 1 amide bonds. The minimum absolute atomic E-state index is 0.236. The lowest BCUT2D eigenvalue weighted by atomic mass is 10.1. The Morgan fingerprint density at radius 2 is 2.32 bits per heavy atom. The number of thiophene rings is 1. The summed E-state index contributed by atoms with van der Waals surface area (Å²) in [6.45, 7) is 5.95. The van der Waals surface area contributed by atoms with Crippen molar-refractivity contribution >= 4 is 17.2 Å². The van der Waals surface area contributed by atoms with Crippen LogP contribution in [0.25, 0.3) is 0 Å². The van der Waals surface area contributed by atoms with Gasteiger partial charge < -0.3 is 9.64 Å². The SMILES string of the molecule is C=CCCC(=O)N(Cc1cccs1)C1CCOCC1. The summed E-state index contributed by atoms with van der Waals surface area (Å²) in [5.74, 6) is 0.236. The van der Waals surface area contributed by atoms with Crippen LogP contribution in [-0.4, -0.2) is 30.1 Å². The molecule has 0 bridgehead atoms. The quantitative estimate of drug-likeness (QED) is 0.748. The van der Waals surface area contributed by atoms with E-state index in [-0.39, 0.29) is 5.91 Å². The maximum atomic E-state index is 12.4. The molecule has 1 saturated heterocycles. The van der Waals surface area contributed by atoms with Crippen LogP contribution >= 0.6 is 11.3 Å². The lowest BCUT2D eigenvalue weighted by Gasteiger charge is -2.34. The largest absolute Gasteiger partial charge is 0.381 e. The van der Waals surface area contributed by atoms with Crippen molar-refractivity contribution in [3.63, 3.8) is 0 Å². The van der Waals surface area contributed by atoms with Gasteiger partial charge in [0.05, 0.1) is 6.54 Å². The highest BCUT2D eigenvalue weighted by atomic mass is 32.1. The van der Waals surface area contributed by atoms with Crippen molar-refractivity contribution in [1.29, 1.82) is 0 Å². The predicted octanol–water partition coefficient (Wildman–Crippen LogP) is 3.22. The topological polar surface area (TPSA) is 29.5 Å². The van der Waals surface area contributed by atoms with Gasteiger partial charge in [-0.15, -0.1) is 17.9 Å². The summed E-state index contributed by atoms with van der Waals surface area (Å²) in [5, 5.41) is 2.06. The summed E-state index contributed by atoms with van der Waals surface area (Å²) in [4.78, 5) is 15.7. The van der Waals surface area contributed by atoms with E-state index >= 15 is 0 Å². The number of carbonyl (C=O) groups is 1. The average molecular weight is 279 g/mol. The Balaban J connectivity index is 2.02. The van der Waals surface area contributed by atoms with Gasteiger partial charge in [0.2, 0.25) is 5.91 Å². The molecular weight excluding hydrogens is 258 g/mol. The molecule has 0 aliphatic carbocycles. The number of carbonyl (C=O) groups excluding carboxylic acids is 1. The average Bonchev–Trinajstić information content (AvgIpc) is 2.96. The van der Waals surface area contributed by atoms with Crippen molar-refractivity contribution < 1.29 is 9.53 Å². The first-order valence-electron chi connectivity index (χ1n) is 6.81. The zero-order valence-electron chi connectivity index (χ0n) is 11.2. The van der Waals surface area contributed by atoms with Gasteiger partial charge in [-0.3, -0.25) is 4.79 Å². The fourth-order valence-electron chi connectivity index (χ4n) is 2.36. The second-order valence-corrected chi connectivity index (χ2v) is 5.80.